The average Bonchev–Trinajstić information content (AvgIpc) is 2.17. The second-order valence-corrected chi connectivity index (χ2v) is 3.65. The molecule has 82 valence electrons. The van der Waals surface area contributed by atoms with Gasteiger partial charge in [-0.3, -0.25) is 9.78 Å². The summed E-state index contributed by atoms with van der Waals surface area (Å²) in [6.45, 7) is 5.45. The van der Waals surface area contributed by atoms with E-state index in [0.717, 1.165) is 0 Å². The van der Waals surface area contributed by atoms with Crippen LogP contribution >= 0.6 is 0 Å². The van der Waals surface area contributed by atoms with E-state index in [4.69, 9.17) is 9.84 Å². The van der Waals surface area contributed by atoms with Gasteiger partial charge in [0.2, 0.25) is 0 Å². The lowest BCUT2D eigenvalue weighted by atomic mass is 10.1. The van der Waals surface area contributed by atoms with Crippen LogP contribution in [0.25, 0.3) is 0 Å². The zero-order valence-corrected chi connectivity index (χ0v) is 9.10. The summed E-state index contributed by atoms with van der Waals surface area (Å²) in [6, 6.07) is 3.41. The molecule has 0 fully saturated rings. The van der Waals surface area contributed by atoms with Crippen molar-refractivity contribution in [2.24, 2.45) is 0 Å². The molecule has 0 saturated heterocycles. The summed E-state index contributed by atoms with van der Waals surface area (Å²) in [5, 5.41) is 8.78. The SMILES string of the molecule is CC(C)Oc1ccc(C(C)C(=O)O)nc1. The van der Waals surface area contributed by atoms with E-state index in [1.165, 1.54) is 0 Å². The summed E-state index contributed by atoms with van der Waals surface area (Å²) in [5.41, 5.74) is 0.540. The first-order valence-electron chi connectivity index (χ1n) is 4.86. The summed E-state index contributed by atoms with van der Waals surface area (Å²) in [6.07, 6.45) is 1.64. The maximum absolute atomic E-state index is 10.7. The second-order valence-electron chi connectivity index (χ2n) is 3.65. The quantitative estimate of drug-likeness (QED) is 0.824. The lowest BCUT2D eigenvalue weighted by molar-refractivity contribution is -0.138. The largest absolute Gasteiger partial charge is 0.489 e. The van der Waals surface area contributed by atoms with Crippen molar-refractivity contribution in [2.75, 3.05) is 0 Å². The molecule has 0 saturated carbocycles. The van der Waals surface area contributed by atoms with Crippen LogP contribution < -0.4 is 4.74 Å². The zero-order chi connectivity index (χ0) is 11.4. The molecule has 0 aliphatic rings. The highest BCUT2D eigenvalue weighted by atomic mass is 16.5. The van der Waals surface area contributed by atoms with Crippen LogP contribution in [0.5, 0.6) is 5.75 Å². The molecule has 0 radical (unpaired) electrons. The molecule has 0 bridgehead atoms. The maximum Gasteiger partial charge on any atom is 0.312 e. The van der Waals surface area contributed by atoms with E-state index in [-0.39, 0.29) is 6.10 Å². The van der Waals surface area contributed by atoms with Crippen molar-refractivity contribution >= 4 is 5.97 Å². The predicted molar refractivity (Wildman–Crippen MR) is 56.1 cm³/mol. The number of pyridine rings is 1. The Morgan fingerprint density at radius 2 is 2.07 bits per heavy atom. The molecule has 1 unspecified atom stereocenters. The first kappa shape index (κ1) is 11.5. The van der Waals surface area contributed by atoms with Crippen molar-refractivity contribution in [3.8, 4) is 5.75 Å². The highest BCUT2D eigenvalue weighted by Crippen LogP contribution is 2.17. The molecule has 0 amide bonds. The van der Waals surface area contributed by atoms with Gasteiger partial charge in [-0.15, -0.1) is 0 Å². The van der Waals surface area contributed by atoms with E-state index in [0.29, 0.717) is 11.4 Å². The fraction of sp³-hybridized carbons (Fsp3) is 0.455. The Bertz CT molecular complexity index is 332. The number of hydrogen-bond acceptors (Lipinski definition) is 3. The van der Waals surface area contributed by atoms with Crippen LogP contribution in [0.2, 0.25) is 0 Å². The smallest absolute Gasteiger partial charge is 0.312 e. The van der Waals surface area contributed by atoms with E-state index in [9.17, 15) is 4.79 Å². The van der Waals surface area contributed by atoms with E-state index in [1.807, 2.05) is 13.8 Å². The molecule has 15 heavy (non-hydrogen) atoms. The number of nitrogens with zero attached hydrogens (tertiary/aromatic N) is 1. The third-order valence-electron chi connectivity index (χ3n) is 1.95. The van der Waals surface area contributed by atoms with Gasteiger partial charge in [-0.05, 0) is 32.9 Å². The average molecular weight is 209 g/mol. The molecule has 4 heteroatoms. The Morgan fingerprint density at radius 1 is 1.40 bits per heavy atom. The Balaban J connectivity index is 2.76. The minimum Gasteiger partial charge on any atom is -0.489 e. The number of carboxylic acids is 1. The van der Waals surface area contributed by atoms with E-state index in [2.05, 4.69) is 4.98 Å². The van der Waals surface area contributed by atoms with E-state index >= 15 is 0 Å². The molecule has 1 N–H and O–H groups in total. The van der Waals surface area contributed by atoms with Gasteiger partial charge in [0.15, 0.2) is 0 Å². The zero-order valence-electron chi connectivity index (χ0n) is 9.10. The van der Waals surface area contributed by atoms with Gasteiger partial charge < -0.3 is 9.84 Å². The number of carbonyl (C=O) groups is 1. The number of rotatable bonds is 4. The second kappa shape index (κ2) is 4.77. The molecule has 1 heterocycles. The van der Waals surface area contributed by atoms with Crippen molar-refractivity contribution in [3.05, 3.63) is 24.0 Å². The van der Waals surface area contributed by atoms with Gasteiger partial charge in [0.1, 0.15) is 5.75 Å². The van der Waals surface area contributed by atoms with Gasteiger partial charge in [-0.2, -0.15) is 0 Å². The van der Waals surface area contributed by atoms with Gasteiger partial charge in [-0.1, -0.05) is 0 Å². The van der Waals surface area contributed by atoms with E-state index in [1.54, 1.807) is 25.3 Å². The molecular formula is C11H15NO3. The standard InChI is InChI=1S/C11H15NO3/c1-7(2)15-9-4-5-10(12-6-9)8(3)11(13)14/h4-8H,1-3H3,(H,13,14). The molecule has 1 aromatic rings. The fourth-order valence-corrected chi connectivity index (χ4v) is 1.12. The van der Waals surface area contributed by atoms with Gasteiger partial charge in [0.25, 0.3) is 0 Å². The number of aliphatic carboxylic acids is 1. The van der Waals surface area contributed by atoms with Crippen molar-refractivity contribution in [2.45, 2.75) is 32.8 Å². The van der Waals surface area contributed by atoms with Crippen LogP contribution in [0.3, 0.4) is 0 Å². The topological polar surface area (TPSA) is 59.4 Å². The van der Waals surface area contributed by atoms with Gasteiger partial charge >= 0.3 is 5.97 Å². The highest BCUT2D eigenvalue weighted by molar-refractivity contribution is 5.74. The van der Waals surface area contributed by atoms with Gasteiger partial charge in [0.05, 0.1) is 23.9 Å². The lowest BCUT2D eigenvalue weighted by Gasteiger charge is -2.10. The van der Waals surface area contributed by atoms with Crippen molar-refractivity contribution < 1.29 is 14.6 Å². The molecule has 1 atom stereocenters. The number of ether oxygens (including phenoxy) is 1. The summed E-state index contributed by atoms with van der Waals surface area (Å²) in [4.78, 5) is 14.7. The third-order valence-corrected chi connectivity index (χ3v) is 1.95. The maximum atomic E-state index is 10.7. The van der Waals surface area contributed by atoms with Gasteiger partial charge in [0, 0.05) is 0 Å². The summed E-state index contributed by atoms with van der Waals surface area (Å²) in [7, 11) is 0. The van der Waals surface area contributed by atoms with Crippen LogP contribution in [-0.2, 0) is 4.79 Å². The van der Waals surface area contributed by atoms with E-state index < -0.39 is 11.9 Å². The van der Waals surface area contributed by atoms with Crippen molar-refractivity contribution in [1.82, 2.24) is 4.98 Å². The Labute approximate surface area is 88.9 Å². The Kier molecular flexibility index (Phi) is 3.66. The lowest BCUT2D eigenvalue weighted by Crippen LogP contribution is -2.10. The molecule has 4 nitrogen and oxygen atoms in total. The molecule has 1 rings (SSSR count). The fourth-order valence-electron chi connectivity index (χ4n) is 1.12. The normalized spacial score (nSPS) is 12.5. The first-order chi connectivity index (χ1) is 7.00. The van der Waals surface area contributed by atoms with Crippen LogP contribution in [-0.4, -0.2) is 22.2 Å². The molecule has 0 spiro atoms. The number of aromatic nitrogens is 1. The van der Waals surface area contributed by atoms with Crippen molar-refractivity contribution in [3.63, 3.8) is 0 Å². The molecule has 0 aromatic carbocycles. The minimum atomic E-state index is -0.875. The number of carboxylic acid groups (broad SMARTS) is 1. The van der Waals surface area contributed by atoms with Gasteiger partial charge in [-0.25, -0.2) is 0 Å². The Hall–Kier alpha value is -1.58. The summed E-state index contributed by atoms with van der Waals surface area (Å²) in [5.74, 6) is -0.801. The molecule has 0 aliphatic heterocycles. The third kappa shape index (κ3) is 3.23. The molecular weight excluding hydrogens is 194 g/mol. The van der Waals surface area contributed by atoms with Crippen LogP contribution in [0.1, 0.15) is 32.4 Å². The molecule has 0 aliphatic carbocycles. The van der Waals surface area contributed by atoms with Crippen LogP contribution in [0.15, 0.2) is 18.3 Å². The molecule has 1 aromatic heterocycles. The highest BCUT2D eigenvalue weighted by Gasteiger charge is 2.14. The summed E-state index contributed by atoms with van der Waals surface area (Å²) >= 11 is 0. The Morgan fingerprint density at radius 3 is 2.47 bits per heavy atom. The van der Waals surface area contributed by atoms with Crippen molar-refractivity contribution in [1.29, 1.82) is 0 Å². The first-order valence-corrected chi connectivity index (χ1v) is 4.86. The summed E-state index contributed by atoms with van der Waals surface area (Å²) < 4.78 is 5.40. The minimum absolute atomic E-state index is 0.0922. The number of hydrogen-bond donors (Lipinski definition) is 1. The monoisotopic (exact) mass is 209 g/mol. The van der Waals surface area contributed by atoms with Crippen LogP contribution in [0.4, 0.5) is 0 Å². The predicted octanol–water partition coefficient (Wildman–Crippen LogP) is 2.06. The van der Waals surface area contributed by atoms with Crippen LogP contribution in [0, 0.1) is 0 Å².